The van der Waals surface area contributed by atoms with Gasteiger partial charge in [-0.1, -0.05) is 41.5 Å². The predicted molar refractivity (Wildman–Crippen MR) is 98.6 cm³/mol. The molecule has 2 nitrogen and oxygen atoms in total. The van der Waals surface area contributed by atoms with Crippen molar-refractivity contribution >= 4 is 5.97 Å². The highest BCUT2D eigenvalue weighted by atomic mass is 16.6. The van der Waals surface area contributed by atoms with Gasteiger partial charge in [0.2, 0.25) is 0 Å². The second kappa shape index (κ2) is 5.48. The van der Waals surface area contributed by atoms with Crippen molar-refractivity contribution in [3.63, 3.8) is 0 Å². The molecule has 0 aromatic rings. The topological polar surface area (TPSA) is 26.3 Å². The van der Waals surface area contributed by atoms with Gasteiger partial charge in [-0.15, -0.1) is 0 Å². The number of carbonyl (C=O) groups excluding carboxylic acids is 1. The minimum absolute atomic E-state index is 0.0698. The highest BCUT2D eigenvalue weighted by Gasteiger charge is 2.62. The zero-order valence-electron chi connectivity index (χ0n) is 17.0. The zero-order valence-corrected chi connectivity index (χ0v) is 17.0. The summed E-state index contributed by atoms with van der Waals surface area (Å²) < 4.78 is 6.47. The van der Waals surface area contributed by atoms with Gasteiger partial charge in [0.25, 0.3) is 0 Å². The molecule has 4 aliphatic rings. The molecule has 4 bridgehead atoms. The van der Waals surface area contributed by atoms with E-state index in [1.807, 2.05) is 0 Å². The first-order valence-corrected chi connectivity index (χ1v) is 10.1. The number of rotatable bonds is 5. The third-order valence-corrected chi connectivity index (χ3v) is 7.46. The molecule has 3 unspecified atom stereocenters. The second-order valence-electron chi connectivity index (χ2n) is 11.4. The standard InChI is InChI=1S/C22H38O2/c1-15(2)8-21(7,16(3)4)18(23)24-22-11-17-9-19(5,13-22)12-20(6,10-17)14-22/h15-17H,8-14H2,1-7H3. The van der Waals surface area contributed by atoms with E-state index in [0.29, 0.717) is 22.7 Å². The lowest BCUT2D eigenvalue weighted by Crippen LogP contribution is -2.60. The largest absolute Gasteiger partial charge is 0.459 e. The molecule has 4 saturated carbocycles. The molecular formula is C22H38O2. The van der Waals surface area contributed by atoms with E-state index in [1.54, 1.807) is 0 Å². The smallest absolute Gasteiger partial charge is 0.312 e. The van der Waals surface area contributed by atoms with Gasteiger partial charge in [0, 0.05) is 0 Å². The van der Waals surface area contributed by atoms with Gasteiger partial charge >= 0.3 is 5.97 Å². The minimum atomic E-state index is -0.362. The molecule has 0 saturated heterocycles. The molecule has 0 radical (unpaired) electrons. The van der Waals surface area contributed by atoms with Gasteiger partial charge in [0.15, 0.2) is 0 Å². The van der Waals surface area contributed by atoms with Gasteiger partial charge in [-0.2, -0.15) is 0 Å². The van der Waals surface area contributed by atoms with Crippen LogP contribution in [-0.2, 0) is 9.53 Å². The molecule has 4 fully saturated rings. The van der Waals surface area contributed by atoms with E-state index < -0.39 is 0 Å². The van der Waals surface area contributed by atoms with Crippen LogP contribution in [0.3, 0.4) is 0 Å². The van der Waals surface area contributed by atoms with E-state index in [1.165, 1.54) is 19.3 Å². The van der Waals surface area contributed by atoms with Crippen molar-refractivity contribution in [3.8, 4) is 0 Å². The molecule has 0 aromatic heterocycles. The number of hydrogen-bond donors (Lipinski definition) is 0. The summed E-state index contributed by atoms with van der Waals surface area (Å²) >= 11 is 0. The van der Waals surface area contributed by atoms with E-state index >= 15 is 0 Å². The minimum Gasteiger partial charge on any atom is -0.459 e. The highest BCUT2D eigenvalue weighted by molar-refractivity contribution is 5.77. The Kier molecular flexibility index (Phi) is 4.17. The van der Waals surface area contributed by atoms with Crippen molar-refractivity contribution < 1.29 is 9.53 Å². The van der Waals surface area contributed by atoms with Crippen LogP contribution in [-0.4, -0.2) is 11.6 Å². The Morgan fingerprint density at radius 1 is 1.04 bits per heavy atom. The summed E-state index contributed by atoms with van der Waals surface area (Å²) in [4.78, 5) is 13.3. The highest BCUT2D eigenvalue weighted by Crippen LogP contribution is 2.67. The van der Waals surface area contributed by atoms with Crippen LogP contribution in [0.4, 0.5) is 0 Å². The molecule has 0 aliphatic heterocycles. The lowest BCUT2D eigenvalue weighted by molar-refractivity contribution is -0.225. The Hall–Kier alpha value is -0.530. The fourth-order valence-electron chi connectivity index (χ4n) is 7.17. The first-order valence-electron chi connectivity index (χ1n) is 10.1. The Morgan fingerprint density at radius 2 is 1.58 bits per heavy atom. The summed E-state index contributed by atoms with van der Waals surface area (Å²) in [6, 6.07) is 0. The summed E-state index contributed by atoms with van der Waals surface area (Å²) in [5, 5.41) is 0. The summed E-state index contributed by atoms with van der Waals surface area (Å²) in [6.07, 6.45) is 8.21. The Morgan fingerprint density at radius 3 is 2.00 bits per heavy atom. The molecule has 24 heavy (non-hydrogen) atoms. The van der Waals surface area contributed by atoms with Crippen molar-refractivity contribution in [2.45, 2.75) is 99.0 Å². The van der Waals surface area contributed by atoms with Crippen LogP contribution >= 0.6 is 0 Å². The molecule has 0 heterocycles. The van der Waals surface area contributed by atoms with Crippen molar-refractivity contribution in [1.29, 1.82) is 0 Å². The molecule has 0 spiro atoms. The summed E-state index contributed by atoms with van der Waals surface area (Å²) in [7, 11) is 0. The van der Waals surface area contributed by atoms with Crippen molar-refractivity contribution in [2.24, 2.45) is 34.0 Å². The Labute approximate surface area is 149 Å². The molecule has 0 amide bonds. The van der Waals surface area contributed by atoms with Crippen LogP contribution in [0, 0.1) is 34.0 Å². The van der Waals surface area contributed by atoms with Crippen molar-refractivity contribution in [2.75, 3.05) is 0 Å². The van der Waals surface area contributed by atoms with E-state index in [0.717, 1.165) is 31.6 Å². The molecule has 4 rings (SSSR count). The average molecular weight is 335 g/mol. The number of esters is 1. The maximum atomic E-state index is 13.3. The monoisotopic (exact) mass is 334 g/mol. The van der Waals surface area contributed by atoms with Gasteiger partial charge in [-0.25, -0.2) is 0 Å². The third kappa shape index (κ3) is 3.03. The lowest BCUT2D eigenvalue weighted by Gasteiger charge is -2.64. The molecular weight excluding hydrogens is 296 g/mol. The third-order valence-electron chi connectivity index (χ3n) is 7.46. The number of carbonyl (C=O) groups is 1. The van der Waals surface area contributed by atoms with Gasteiger partial charge in [-0.3, -0.25) is 4.79 Å². The van der Waals surface area contributed by atoms with E-state index in [9.17, 15) is 4.79 Å². The van der Waals surface area contributed by atoms with Gasteiger partial charge < -0.3 is 4.74 Å². The molecule has 0 aromatic carbocycles. The fourth-order valence-corrected chi connectivity index (χ4v) is 7.17. The summed E-state index contributed by atoms with van der Waals surface area (Å²) in [6.45, 7) is 15.8. The molecule has 2 heteroatoms. The molecule has 138 valence electrons. The summed E-state index contributed by atoms with van der Waals surface area (Å²) in [5.74, 6) is 1.66. The van der Waals surface area contributed by atoms with E-state index in [2.05, 4.69) is 48.5 Å². The molecule has 3 atom stereocenters. The molecule has 0 N–H and O–H groups in total. The normalized spacial score (nSPS) is 43.3. The summed E-state index contributed by atoms with van der Waals surface area (Å²) in [5.41, 5.74) is 0.244. The maximum Gasteiger partial charge on any atom is 0.312 e. The quantitative estimate of drug-likeness (QED) is 0.577. The molecule has 4 aliphatic carbocycles. The zero-order chi connectivity index (χ0) is 18.0. The van der Waals surface area contributed by atoms with Gasteiger partial charge in [0.1, 0.15) is 5.60 Å². The Bertz CT molecular complexity index is 502. The lowest BCUT2D eigenvalue weighted by atomic mass is 9.43. The van der Waals surface area contributed by atoms with E-state index in [-0.39, 0.29) is 17.0 Å². The fraction of sp³-hybridized carbons (Fsp3) is 0.955. The van der Waals surface area contributed by atoms with Crippen LogP contribution < -0.4 is 0 Å². The first-order chi connectivity index (χ1) is 10.9. The maximum absolute atomic E-state index is 13.3. The van der Waals surface area contributed by atoms with Crippen LogP contribution in [0.25, 0.3) is 0 Å². The predicted octanol–water partition coefficient (Wildman–Crippen LogP) is 5.99. The Balaban J connectivity index is 1.83. The van der Waals surface area contributed by atoms with Gasteiger partial charge in [0.05, 0.1) is 5.41 Å². The first kappa shape index (κ1) is 18.3. The second-order valence-corrected chi connectivity index (χ2v) is 11.4. The van der Waals surface area contributed by atoms with Crippen LogP contribution in [0.5, 0.6) is 0 Å². The van der Waals surface area contributed by atoms with Crippen LogP contribution in [0.2, 0.25) is 0 Å². The van der Waals surface area contributed by atoms with Crippen molar-refractivity contribution in [3.05, 3.63) is 0 Å². The average Bonchev–Trinajstić information content (AvgIpc) is 2.31. The number of hydrogen-bond acceptors (Lipinski definition) is 2. The number of ether oxygens (including phenoxy) is 1. The SMILES string of the molecule is CC(C)CC(C)(C(=O)OC12CC3CC(C)(CC(C)(C3)C1)C2)C(C)C. The van der Waals surface area contributed by atoms with Crippen LogP contribution in [0.15, 0.2) is 0 Å². The van der Waals surface area contributed by atoms with E-state index in [4.69, 9.17) is 4.74 Å². The van der Waals surface area contributed by atoms with Crippen LogP contribution in [0.1, 0.15) is 93.4 Å². The van der Waals surface area contributed by atoms with Gasteiger partial charge in [-0.05, 0) is 80.5 Å². The van der Waals surface area contributed by atoms with Crippen molar-refractivity contribution in [1.82, 2.24) is 0 Å².